The predicted octanol–water partition coefficient (Wildman–Crippen LogP) is 1.09. The minimum atomic E-state index is 0.518. The normalized spacial score (nSPS) is 21.9. The van der Waals surface area contributed by atoms with Crippen LogP contribution in [0.25, 0.3) is 0 Å². The molecule has 0 amide bonds. The van der Waals surface area contributed by atoms with Crippen LogP contribution in [0.2, 0.25) is 0 Å². The highest BCUT2D eigenvalue weighted by Crippen LogP contribution is 2.28. The Hall–Kier alpha value is -1.29. The molecule has 4 nitrogen and oxygen atoms in total. The van der Waals surface area contributed by atoms with Gasteiger partial charge in [-0.3, -0.25) is 0 Å². The predicted molar refractivity (Wildman–Crippen MR) is 60.1 cm³/mol. The molecule has 15 heavy (non-hydrogen) atoms. The Morgan fingerprint density at radius 2 is 2.33 bits per heavy atom. The lowest BCUT2D eigenvalue weighted by atomic mass is 10.0. The summed E-state index contributed by atoms with van der Waals surface area (Å²) in [5, 5.41) is 0. The number of ether oxygens (including phenoxy) is 1. The Morgan fingerprint density at radius 1 is 1.53 bits per heavy atom. The first-order valence-electron chi connectivity index (χ1n) is 5.19. The number of nitrogens with two attached hydrogens (primary N) is 1. The number of likely N-dealkylation sites (tertiary alicyclic amines) is 1. The minimum Gasteiger partial charge on any atom is -0.480 e. The molecule has 82 valence electrons. The summed E-state index contributed by atoms with van der Waals surface area (Å²) in [5.74, 6) is 1.06. The fraction of sp³-hybridized carbons (Fsp3) is 0.545. The number of hydrogen-bond donors (Lipinski definition) is 1. The van der Waals surface area contributed by atoms with Gasteiger partial charge < -0.3 is 15.4 Å². The lowest BCUT2D eigenvalue weighted by Crippen LogP contribution is -2.14. The summed E-state index contributed by atoms with van der Waals surface area (Å²) in [6.07, 6.45) is 1.16. The highest BCUT2D eigenvalue weighted by atomic mass is 16.5. The van der Waals surface area contributed by atoms with Crippen molar-refractivity contribution in [3.8, 4) is 5.88 Å². The van der Waals surface area contributed by atoms with E-state index in [4.69, 9.17) is 10.5 Å². The molecule has 1 atom stereocenters. The first-order chi connectivity index (χ1) is 7.20. The third-order valence-corrected chi connectivity index (χ3v) is 2.91. The van der Waals surface area contributed by atoms with Crippen LogP contribution in [0.4, 0.5) is 5.69 Å². The van der Waals surface area contributed by atoms with Crippen LogP contribution >= 0.6 is 0 Å². The van der Waals surface area contributed by atoms with Gasteiger partial charge in [0, 0.05) is 18.2 Å². The van der Waals surface area contributed by atoms with Gasteiger partial charge in [-0.05, 0) is 32.1 Å². The molecule has 0 radical (unpaired) electrons. The van der Waals surface area contributed by atoms with Gasteiger partial charge in [-0.25, -0.2) is 4.98 Å². The van der Waals surface area contributed by atoms with Crippen LogP contribution in [0.5, 0.6) is 5.88 Å². The third kappa shape index (κ3) is 2.04. The smallest absolute Gasteiger partial charge is 0.237 e. The van der Waals surface area contributed by atoms with E-state index in [0.29, 0.717) is 17.5 Å². The Balaban J connectivity index is 2.21. The number of pyridine rings is 1. The number of nitrogens with zero attached hydrogens (tertiary/aromatic N) is 2. The number of aromatic nitrogens is 1. The van der Waals surface area contributed by atoms with Crippen LogP contribution in [0.1, 0.15) is 18.0 Å². The Bertz CT molecular complexity index is 354. The largest absolute Gasteiger partial charge is 0.480 e. The summed E-state index contributed by atoms with van der Waals surface area (Å²) < 4.78 is 5.12. The molecule has 2 rings (SSSR count). The zero-order chi connectivity index (χ0) is 10.8. The maximum Gasteiger partial charge on any atom is 0.237 e. The molecule has 1 aliphatic rings. The van der Waals surface area contributed by atoms with E-state index in [1.54, 1.807) is 7.11 Å². The van der Waals surface area contributed by atoms with Crippen molar-refractivity contribution in [1.82, 2.24) is 9.88 Å². The van der Waals surface area contributed by atoms with Crippen molar-refractivity contribution in [2.75, 3.05) is 33.0 Å². The fourth-order valence-electron chi connectivity index (χ4n) is 2.03. The van der Waals surface area contributed by atoms with E-state index in [0.717, 1.165) is 25.2 Å². The monoisotopic (exact) mass is 207 g/mol. The second-order valence-corrected chi connectivity index (χ2v) is 4.08. The molecule has 0 saturated carbocycles. The molecule has 1 fully saturated rings. The first-order valence-corrected chi connectivity index (χ1v) is 5.19. The van der Waals surface area contributed by atoms with Crippen LogP contribution in [0.15, 0.2) is 12.1 Å². The van der Waals surface area contributed by atoms with Gasteiger partial charge in [-0.1, -0.05) is 0 Å². The van der Waals surface area contributed by atoms with E-state index in [9.17, 15) is 0 Å². The number of rotatable bonds is 2. The average molecular weight is 207 g/mol. The topological polar surface area (TPSA) is 51.4 Å². The third-order valence-electron chi connectivity index (χ3n) is 2.91. The lowest BCUT2D eigenvalue weighted by Gasteiger charge is -2.11. The molecule has 2 heterocycles. The fourth-order valence-corrected chi connectivity index (χ4v) is 2.03. The SMILES string of the molecule is COc1nc(C2CCN(C)C2)ccc1N. The standard InChI is InChI=1S/C11H17N3O/c1-14-6-5-8(7-14)10-4-3-9(12)11(13-10)15-2/h3-4,8H,5-7,12H2,1-2H3. The van der Waals surface area contributed by atoms with Crippen molar-refractivity contribution in [1.29, 1.82) is 0 Å². The van der Waals surface area contributed by atoms with Crippen molar-refractivity contribution in [3.63, 3.8) is 0 Å². The lowest BCUT2D eigenvalue weighted by molar-refractivity contribution is 0.394. The minimum absolute atomic E-state index is 0.518. The van der Waals surface area contributed by atoms with Crippen molar-refractivity contribution in [2.24, 2.45) is 0 Å². The zero-order valence-corrected chi connectivity index (χ0v) is 9.23. The molecule has 0 spiro atoms. The molecular formula is C11H17N3O. The molecule has 0 aromatic carbocycles. The van der Waals surface area contributed by atoms with Gasteiger partial charge in [0.15, 0.2) is 0 Å². The number of hydrogen-bond acceptors (Lipinski definition) is 4. The summed E-state index contributed by atoms with van der Waals surface area (Å²) in [6, 6.07) is 3.88. The molecule has 2 N–H and O–H groups in total. The first kappa shape index (κ1) is 10.2. The van der Waals surface area contributed by atoms with Crippen LogP contribution in [-0.2, 0) is 0 Å². The highest BCUT2D eigenvalue weighted by Gasteiger charge is 2.22. The van der Waals surface area contributed by atoms with Gasteiger partial charge in [-0.15, -0.1) is 0 Å². The second-order valence-electron chi connectivity index (χ2n) is 4.08. The van der Waals surface area contributed by atoms with Crippen LogP contribution in [-0.4, -0.2) is 37.1 Å². The maximum absolute atomic E-state index is 5.73. The van der Waals surface area contributed by atoms with E-state index < -0.39 is 0 Å². The molecule has 0 aliphatic carbocycles. The van der Waals surface area contributed by atoms with Crippen molar-refractivity contribution >= 4 is 5.69 Å². The van der Waals surface area contributed by atoms with Gasteiger partial charge >= 0.3 is 0 Å². The van der Waals surface area contributed by atoms with Crippen molar-refractivity contribution in [2.45, 2.75) is 12.3 Å². The summed E-state index contributed by atoms with van der Waals surface area (Å²) >= 11 is 0. The molecule has 1 aromatic heterocycles. The Labute approximate surface area is 90.0 Å². The molecule has 1 aromatic rings. The van der Waals surface area contributed by atoms with Gasteiger partial charge in [0.05, 0.1) is 12.8 Å². The molecular weight excluding hydrogens is 190 g/mol. The number of likely N-dealkylation sites (N-methyl/N-ethyl adjacent to an activating group) is 1. The average Bonchev–Trinajstić information content (AvgIpc) is 2.66. The number of anilines is 1. The molecule has 4 heteroatoms. The van der Waals surface area contributed by atoms with E-state index >= 15 is 0 Å². The van der Waals surface area contributed by atoms with Crippen LogP contribution < -0.4 is 10.5 Å². The van der Waals surface area contributed by atoms with Crippen molar-refractivity contribution < 1.29 is 4.74 Å². The van der Waals surface area contributed by atoms with Gasteiger partial charge in [-0.2, -0.15) is 0 Å². The zero-order valence-electron chi connectivity index (χ0n) is 9.23. The van der Waals surface area contributed by atoms with Crippen molar-refractivity contribution in [3.05, 3.63) is 17.8 Å². The Kier molecular flexibility index (Phi) is 2.77. The second kappa shape index (κ2) is 4.06. The van der Waals surface area contributed by atoms with E-state index in [-0.39, 0.29) is 0 Å². The maximum atomic E-state index is 5.73. The summed E-state index contributed by atoms with van der Waals surface area (Å²) in [6.45, 7) is 2.21. The number of nitrogen functional groups attached to an aromatic ring is 1. The van der Waals surface area contributed by atoms with Gasteiger partial charge in [0.25, 0.3) is 0 Å². The Morgan fingerprint density at radius 3 is 2.93 bits per heavy atom. The summed E-state index contributed by atoms with van der Waals surface area (Å²) in [5.41, 5.74) is 7.42. The molecule has 1 saturated heterocycles. The molecule has 0 bridgehead atoms. The highest BCUT2D eigenvalue weighted by molar-refractivity contribution is 5.48. The molecule has 1 aliphatic heterocycles. The number of methoxy groups -OCH3 is 1. The molecule has 1 unspecified atom stereocenters. The summed E-state index contributed by atoms with van der Waals surface area (Å²) in [4.78, 5) is 6.75. The summed E-state index contributed by atoms with van der Waals surface area (Å²) in [7, 11) is 3.73. The quantitative estimate of drug-likeness (QED) is 0.788. The van der Waals surface area contributed by atoms with E-state index in [1.807, 2.05) is 12.1 Å². The van der Waals surface area contributed by atoms with Gasteiger partial charge in [0.1, 0.15) is 0 Å². The van der Waals surface area contributed by atoms with Crippen LogP contribution in [0, 0.1) is 0 Å². The van der Waals surface area contributed by atoms with E-state index in [2.05, 4.69) is 16.9 Å². The van der Waals surface area contributed by atoms with E-state index in [1.165, 1.54) is 0 Å². The van der Waals surface area contributed by atoms with Crippen LogP contribution in [0.3, 0.4) is 0 Å². The van der Waals surface area contributed by atoms with Gasteiger partial charge in [0.2, 0.25) is 5.88 Å².